The minimum absolute atomic E-state index is 0.0473. The van der Waals surface area contributed by atoms with Gasteiger partial charge in [-0.15, -0.1) is 0 Å². The fourth-order valence-corrected chi connectivity index (χ4v) is 2.43. The van der Waals surface area contributed by atoms with Crippen LogP contribution in [0.15, 0.2) is 30.6 Å². The van der Waals surface area contributed by atoms with E-state index in [1.807, 2.05) is 13.1 Å². The smallest absolute Gasteiger partial charge is 0.124 e. The van der Waals surface area contributed by atoms with E-state index in [9.17, 15) is 0 Å². The first-order valence-electron chi connectivity index (χ1n) is 6.26. The summed E-state index contributed by atoms with van der Waals surface area (Å²) >= 11 is 0. The molecule has 2 rings (SSSR count). The van der Waals surface area contributed by atoms with Gasteiger partial charge < -0.3 is 10.1 Å². The Labute approximate surface area is 113 Å². The van der Waals surface area contributed by atoms with Crippen LogP contribution in [0.1, 0.15) is 28.3 Å². The molecule has 0 aliphatic rings. The van der Waals surface area contributed by atoms with Crippen LogP contribution in [0.4, 0.5) is 0 Å². The van der Waals surface area contributed by atoms with E-state index in [0.29, 0.717) is 0 Å². The summed E-state index contributed by atoms with van der Waals surface area (Å²) in [5.41, 5.74) is 4.61. The molecule has 19 heavy (non-hydrogen) atoms. The van der Waals surface area contributed by atoms with Gasteiger partial charge in [-0.25, -0.2) is 0 Å². The first-order valence-corrected chi connectivity index (χ1v) is 6.26. The molecule has 1 N–H and O–H groups in total. The van der Waals surface area contributed by atoms with Crippen LogP contribution in [0.5, 0.6) is 5.75 Å². The van der Waals surface area contributed by atoms with Crippen molar-refractivity contribution in [2.45, 2.75) is 19.9 Å². The summed E-state index contributed by atoms with van der Waals surface area (Å²) in [4.78, 5) is 0. The monoisotopic (exact) mass is 257 g/mol. The molecule has 0 amide bonds. The number of ether oxygens (including phenoxy) is 1. The van der Waals surface area contributed by atoms with Crippen LogP contribution >= 0.6 is 0 Å². The second-order valence-electron chi connectivity index (χ2n) is 4.60. The van der Waals surface area contributed by atoms with Crippen LogP contribution < -0.4 is 10.1 Å². The standard InChI is InChI=1S/C15H19N3O/c1-10-7-11(2)14(13(8-10)19-4)15(16-3)12-5-6-17-18-9-12/h5-9,15-16H,1-4H3. The van der Waals surface area contributed by atoms with E-state index >= 15 is 0 Å². The lowest BCUT2D eigenvalue weighted by molar-refractivity contribution is 0.404. The average molecular weight is 257 g/mol. The molecule has 0 saturated heterocycles. The Hall–Kier alpha value is -1.94. The van der Waals surface area contributed by atoms with E-state index < -0.39 is 0 Å². The summed E-state index contributed by atoms with van der Waals surface area (Å²) in [6.07, 6.45) is 3.48. The third-order valence-corrected chi connectivity index (χ3v) is 3.23. The van der Waals surface area contributed by atoms with Gasteiger partial charge in [0.05, 0.1) is 19.3 Å². The molecule has 0 saturated carbocycles. The zero-order valence-corrected chi connectivity index (χ0v) is 11.8. The first kappa shape index (κ1) is 13.5. The molecule has 0 aliphatic heterocycles. The van der Waals surface area contributed by atoms with E-state index in [2.05, 4.69) is 41.5 Å². The number of rotatable bonds is 4. The van der Waals surface area contributed by atoms with Crippen molar-refractivity contribution in [3.05, 3.63) is 52.8 Å². The highest BCUT2D eigenvalue weighted by Crippen LogP contribution is 2.33. The number of benzene rings is 1. The normalized spacial score (nSPS) is 12.2. The predicted molar refractivity (Wildman–Crippen MR) is 75.4 cm³/mol. The van der Waals surface area contributed by atoms with Gasteiger partial charge in [0, 0.05) is 11.8 Å². The van der Waals surface area contributed by atoms with Crippen molar-refractivity contribution in [3.63, 3.8) is 0 Å². The lowest BCUT2D eigenvalue weighted by Crippen LogP contribution is -2.20. The first-order chi connectivity index (χ1) is 9.17. The van der Waals surface area contributed by atoms with Crippen LogP contribution in [0.3, 0.4) is 0 Å². The maximum Gasteiger partial charge on any atom is 0.124 e. The molecule has 1 heterocycles. The Morgan fingerprint density at radius 2 is 2.00 bits per heavy atom. The van der Waals surface area contributed by atoms with Crippen molar-refractivity contribution >= 4 is 0 Å². The quantitative estimate of drug-likeness (QED) is 0.913. The summed E-state index contributed by atoms with van der Waals surface area (Å²) in [6, 6.07) is 6.23. The second-order valence-corrected chi connectivity index (χ2v) is 4.60. The highest BCUT2D eigenvalue weighted by molar-refractivity contribution is 5.48. The fourth-order valence-electron chi connectivity index (χ4n) is 2.43. The van der Waals surface area contributed by atoms with Crippen LogP contribution in [-0.2, 0) is 0 Å². The Kier molecular flexibility index (Phi) is 4.12. The maximum absolute atomic E-state index is 5.54. The largest absolute Gasteiger partial charge is 0.496 e. The number of hydrogen-bond acceptors (Lipinski definition) is 4. The highest BCUT2D eigenvalue weighted by atomic mass is 16.5. The van der Waals surface area contributed by atoms with Gasteiger partial charge in [0.25, 0.3) is 0 Å². The fraction of sp³-hybridized carbons (Fsp3) is 0.333. The molecule has 4 nitrogen and oxygen atoms in total. The topological polar surface area (TPSA) is 47.0 Å². The maximum atomic E-state index is 5.54. The highest BCUT2D eigenvalue weighted by Gasteiger charge is 2.19. The van der Waals surface area contributed by atoms with Crippen molar-refractivity contribution in [2.75, 3.05) is 14.2 Å². The number of methoxy groups -OCH3 is 1. The van der Waals surface area contributed by atoms with Crippen molar-refractivity contribution in [1.82, 2.24) is 15.5 Å². The number of nitrogens with one attached hydrogen (secondary N) is 1. The molecule has 1 aromatic carbocycles. The molecule has 4 heteroatoms. The zero-order valence-electron chi connectivity index (χ0n) is 11.8. The van der Waals surface area contributed by atoms with E-state index in [1.165, 1.54) is 11.1 Å². The van der Waals surface area contributed by atoms with Crippen molar-refractivity contribution in [1.29, 1.82) is 0 Å². The second kappa shape index (κ2) is 5.80. The molecule has 1 atom stereocenters. The van der Waals surface area contributed by atoms with Crippen molar-refractivity contribution in [3.8, 4) is 5.75 Å². The van der Waals surface area contributed by atoms with Gasteiger partial charge in [-0.1, -0.05) is 6.07 Å². The molecule has 0 aliphatic carbocycles. The third-order valence-electron chi connectivity index (χ3n) is 3.23. The lowest BCUT2D eigenvalue weighted by atomic mass is 9.94. The Morgan fingerprint density at radius 1 is 1.21 bits per heavy atom. The summed E-state index contributed by atoms with van der Waals surface area (Å²) < 4.78 is 5.54. The number of aryl methyl sites for hydroxylation is 2. The van der Waals surface area contributed by atoms with Gasteiger partial charge in [0.15, 0.2) is 0 Å². The number of nitrogens with zero attached hydrogens (tertiary/aromatic N) is 2. The molecule has 1 aromatic heterocycles. The minimum atomic E-state index is 0.0473. The van der Waals surface area contributed by atoms with Gasteiger partial charge in [-0.3, -0.25) is 0 Å². The number of hydrogen-bond donors (Lipinski definition) is 1. The average Bonchev–Trinajstić information content (AvgIpc) is 2.42. The Morgan fingerprint density at radius 3 is 2.58 bits per heavy atom. The lowest BCUT2D eigenvalue weighted by Gasteiger charge is -2.22. The third kappa shape index (κ3) is 2.74. The number of aromatic nitrogens is 2. The van der Waals surface area contributed by atoms with E-state index in [-0.39, 0.29) is 6.04 Å². The van der Waals surface area contributed by atoms with E-state index in [0.717, 1.165) is 16.9 Å². The molecule has 0 radical (unpaired) electrons. The van der Waals surface area contributed by atoms with Crippen molar-refractivity contribution in [2.24, 2.45) is 0 Å². The molecule has 0 bridgehead atoms. The van der Waals surface area contributed by atoms with Crippen LogP contribution in [0.25, 0.3) is 0 Å². The Bertz CT molecular complexity index is 555. The summed E-state index contributed by atoms with van der Waals surface area (Å²) in [5, 5.41) is 11.1. The summed E-state index contributed by atoms with van der Waals surface area (Å²) in [6.45, 7) is 4.17. The van der Waals surface area contributed by atoms with Crippen LogP contribution in [-0.4, -0.2) is 24.4 Å². The molecule has 0 fully saturated rings. The van der Waals surface area contributed by atoms with Gasteiger partial charge in [0.1, 0.15) is 5.75 Å². The SMILES string of the molecule is CNC(c1ccnnc1)c1c(C)cc(C)cc1OC. The van der Waals surface area contributed by atoms with Gasteiger partial charge in [-0.2, -0.15) is 10.2 Å². The zero-order chi connectivity index (χ0) is 13.8. The molecule has 100 valence electrons. The summed E-state index contributed by atoms with van der Waals surface area (Å²) in [7, 11) is 3.64. The van der Waals surface area contributed by atoms with Gasteiger partial charge in [0.2, 0.25) is 0 Å². The predicted octanol–water partition coefficient (Wildman–Crippen LogP) is 2.41. The molecule has 2 aromatic rings. The minimum Gasteiger partial charge on any atom is -0.496 e. The molecular formula is C15H19N3O. The molecule has 0 spiro atoms. The van der Waals surface area contributed by atoms with Crippen LogP contribution in [0, 0.1) is 13.8 Å². The van der Waals surface area contributed by atoms with Gasteiger partial charge >= 0.3 is 0 Å². The van der Waals surface area contributed by atoms with E-state index in [1.54, 1.807) is 19.5 Å². The molecule has 1 unspecified atom stereocenters. The van der Waals surface area contributed by atoms with Crippen LogP contribution in [0.2, 0.25) is 0 Å². The molecular weight excluding hydrogens is 238 g/mol. The van der Waals surface area contributed by atoms with Gasteiger partial charge in [-0.05, 0) is 49.7 Å². The Balaban J connectivity index is 2.55. The van der Waals surface area contributed by atoms with E-state index in [4.69, 9.17) is 4.74 Å². The summed E-state index contributed by atoms with van der Waals surface area (Å²) in [5.74, 6) is 0.897. The van der Waals surface area contributed by atoms with Crippen molar-refractivity contribution < 1.29 is 4.74 Å².